The number of benzene rings is 1. The minimum Gasteiger partial charge on any atom is -0.503 e. The molecule has 0 amide bonds. The van der Waals surface area contributed by atoms with Gasteiger partial charge in [0.25, 0.3) is 0 Å². The number of hydrogen-bond donors (Lipinski definition) is 2. The van der Waals surface area contributed by atoms with Crippen molar-refractivity contribution in [3.8, 4) is 5.75 Å². The van der Waals surface area contributed by atoms with E-state index in [2.05, 4.69) is 5.32 Å². The van der Waals surface area contributed by atoms with Crippen LogP contribution in [-0.4, -0.2) is 11.1 Å². The predicted octanol–water partition coefficient (Wildman–Crippen LogP) is 2.70. The van der Waals surface area contributed by atoms with Crippen molar-refractivity contribution < 1.29 is 13.9 Å². The molecule has 88 valence electrons. The Morgan fingerprint density at radius 3 is 2.31 bits per heavy atom. The first-order valence-corrected chi connectivity index (χ1v) is 5.57. The average molecular weight is 227 g/mol. The van der Waals surface area contributed by atoms with Gasteiger partial charge in [0, 0.05) is 12.6 Å². The van der Waals surface area contributed by atoms with E-state index in [4.69, 9.17) is 5.11 Å². The minimum atomic E-state index is -0.900. The van der Waals surface area contributed by atoms with Gasteiger partial charge >= 0.3 is 0 Å². The standard InChI is InChI=1S/C12H15F2NO/c13-10-5-8(6-11(14)12(10)16)7-15-9-3-1-2-4-9/h5-6,9,15-16H,1-4,7H2. The van der Waals surface area contributed by atoms with Crippen LogP contribution >= 0.6 is 0 Å². The van der Waals surface area contributed by atoms with Gasteiger partial charge in [-0.05, 0) is 30.5 Å². The van der Waals surface area contributed by atoms with Gasteiger partial charge in [0.05, 0.1) is 0 Å². The van der Waals surface area contributed by atoms with Gasteiger partial charge in [-0.25, -0.2) is 8.78 Å². The third-order valence-electron chi connectivity index (χ3n) is 3.03. The summed E-state index contributed by atoms with van der Waals surface area (Å²) in [4.78, 5) is 0. The smallest absolute Gasteiger partial charge is 0.187 e. The van der Waals surface area contributed by atoms with Crippen LogP contribution in [0.5, 0.6) is 5.75 Å². The van der Waals surface area contributed by atoms with E-state index in [-0.39, 0.29) is 0 Å². The van der Waals surface area contributed by atoms with Crippen molar-refractivity contribution in [2.45, 2.75) is 38.3 Å². The molecule has 0 bridgehead atoms. The molecule has 1 aromatic carbocycles. The Kier molecular flexibility index (Phi) is 3.39. The highest BCUT2D eigenvalue weighted by atomic mass is 19.1. The van der Waals surface area contributed by atoms with Crippen molar-refractivity contribution in [1.82, 2.24) is 5.32 Å². The summed E-state index contributed by atoms with van der Waals surface area (Å²) in [5.41, 5.74) is 0.528. The van der Waals surface area contributed by atoms with Crippen molar-refractivity contribution in [3.63, 3.8) is 0 Å². The summed E-state index contributed by atoms with van der Waals surface area (Å²) in [7, 11) is 0. The molecule has 0 saturated heterocycles. The van der Waals surface area contributed by atoms with Crippen LogP contribution < -0.4 is 5.32 Å². The lowest BCUT2D eigenvalue weighted by Gasteiger charge is -2.12. The third-order valence-corrected chi connectivity index (χ3v) is 3.03. The van der Waals surface area contributed by atoms with E-state index in [1.165, 1.54) is 25.0 Å². The molecule has 2 nitrogen and oxygen atoms in total. The molecule has 1 aromatic rings. The summed E-state index contributed by atoms with van der Waals surface area (Å²) in [5.74, 6) is -2.70. The molecule has 1 saturated carbocycles. The first-order valence-electron chi connectivity index (χ1n) is 5.57. The Bertz CT molecular complexity index is 352. The summed E-state index contributed by atoms with van der Waals surface area (Å²) in [6.07, 6.45) is 4.69. The minimum absolute atomic E-state index is 0.443. The van der Waals surface area contributed by atoms with Crippen LogP contribution in [0, 0.1) is 11.6 Å². The van der Waals surface area contributed by atoms with Gasteiger partial charge in [-0.3, -0.25) is 0 Å². The number of nitrogens with one attached hydrogen (secondary N) is 1. The van der Waals surface area contributed by atoms with Crippen molar-refractivity contribution in [1.29, 1.82) is 0 Å². The Morgan fingerprint density at radius 1 is 1.19 bits per heavy atom. The van der Waals surface area contributed by atoms with E-state index in [1.54, 1.807) is 0 Å². The van der Waals surface area contributed by atoms with Gasteiger partial charge in [0.15, 0.2) is 17.4 Å². The van der Waals surface area contributed by atoms with E-state index in [0.29, 0.717) is 18.2 Å². The van der Waals surface area contributed by atoms with Crippen LogP contribution in [0.1, 0.15) is 31.2 Å². The second-order valence-corrected chi connectivity index (χ2v) is 4.27. The highest BCUT2D eigenvalue weighted by Gasteiger charge is 2.15. The Labute approximate surface area is 93.3 Å². The SMILES string of the molecule is Oc1c(F)cc(CNC2CCCC2)cc1F. The maximum atomic E-state index is 13.0. The number of aromatic hydroxyl groups is 1. The number of hydrogen-bond acceptors (Lipinski definition) is 2. The zero-order chi connectivity index (χ0) is 11.5. The normalized spacial score (nSPS) is 16.9. The first kappa shape index (κ1) is 11.3. The van der Waals surface area contributed by atoms with E-state index < -0.39 is 17.4 Å². The summed E-state index contributed by atoms with van der Waals surface area (Å²) >= 11 is 0. The monoisotopic (exact) mass is 227 g/mol. The fourth-order valence-corrected chi connectivity index (χ4v) is 2.11. The number of halogens is 2. The van der Waals surface area contributed by atoms with Gasteiger partial charge < -0.3 is 10.4 Å². The van der Waals surface area contributed by atoms with Crippen LogP contribution in [0.15, 0.2) is 12.1 Å². The highest BCUT2D eigenvalue weighted by molar-refractivity contribution is 5.29. The molecule has 1 aliphatic carbocycles. The van der Waals surface area contributed by atoms with Crippen LogP contribution in [0.3, 0.4) is 0 Å². The molecule has 0 heterocycles. The number of rotatable bonds is 3. The lowest BCUT2D eigenvalue weighted by molar-refractivity contribution is 0.394. The molecule has 1 aliphatic rings. The van der Waals surface area contributed by atoms with Crippen LogP contribution in [0.4, 0.5) is 8.78 Å². The second kappa shape index (κ2) is 4.78. The van der Waals surface area contributed by atoms with E-state index in [1.807, 2.05) is 0 Å². The maximum absolute atomic E-state index is 13.0. The Morgan fingerprint density at radius 2 is 1.75 bits per heavy atom. The van der Waals surface area contributed by atoms with Crippen molar-refractivity contribution in [2.24, 2.45) is 0 Å². The van der Waals surface area contributed by atoms with Crippen LogP contribution in [0.25, 0.3) is 0 Å². The topological polar surface area (TPSA) is 32.3 Å². The molecular formula is C12H15F2NO. The highest BCUT2D eigenvalue weighted by Crippen LogP contribution is 2.22. The van der Waals surface area contributed by atoms with Crippen molar-refractivity contribution in [2.75, 3.05) is 0 Å². The van der Waals surface area contributed by atoms with Crippen LogP contribution in [-0.2, 0) is 6.54 Å². The molecule has 2 rings (SSSR count). The molecule has 0 aliphatic heterocycles. The zero-order valence-corrected chi connectivity index (χ0v) is 8.97. The van der Waals surface area contributed by atoms with Gasteiger partial charge in [0.2, 0.25) is 0 Å². The lowest BCUT2D eigenvalue weighted by atomic mass is 10.1. The van der Waals surface area contributed by atoms with Gasteiger partial charge in [0.1, 0.15) is 0 Å². The summed E-state index contributed by atoms with van der Waals surface area (Å²) in [6.45, 7) is 0.443. The Hall–Kier alpha value is -1.16. The average Bonchev–Trinajstić information content (AvgIpc) is 2.75. The molecule has 16 heavy (non-hydrogen) atoms. The summed E-state index contributed by atoms with van der Waals surface area (Å²) in [5, 5.41) is 12.2. The van der Waals surface area contributed by atoms with Gasteiger partial charge in [-0.2, -0.15) is 0 Å². The fraction of sp³-hybridized carbons (Fsp3) is 0.500. The predicted molar refractivity (Wildman–Crippen MR) is 57.1 cm³/mol. The molecule has 0 spiro atoms. The molecule has 0 radical (unpaired) electrons. The largest absolute Gasteiger partial charge is 0.503 e. The van der Waals surface area contributed by atoms with Crippen LogP contribution in [0.2, 0.25) is 0 Å². The number of phenols is 1. The zero-order valence-electron chi connectivity index (χ0n) is 8.97. The van der Waals surface area contributed by atoms with Gasteiger partial charge in [-0.1, -0.05) is 12.8 Å². The first-order chi connectivity index (χ1) is 7.66. The molecule has 2 N–H and O–H groups in total. The molecular weight excluding hydrogens is 212 g/mol. The molecule has 0 aromatic heterocycles. The number of phenolic OH excluding ortho intramolecular Hbond substituents is 1. The quantitative estimate of drug-likeness (QED) is 0.832. The van der Waals surface area contributed by atoms with Gasteiger partial charge in [-0.15, -0.1) is 0 Å². The second-order valence-electron chi connectivity index (χ2n) is 4.27. The maximum Gasteiger partial charge on any atom is 0.187 e. The van der Waals surface area contributed by atoms with E-state index in [9.17, 15) is 8.78 Å². The fourth-order valence-electron chi connectivity index (χ4n) is 2.11. The third kappa shape index (κ3) is 2.50. The van der Waals surface area contributed by atoms with E-state index in [0.717, 1.165) is 12.8 Å². The van der Waals surface area contributed by atoms with E-state index >= 15 is 0 Å². The molecule has 4 heteroatoms. The van der Waals surface area contributed by atoms with Crippen molar-refractivity contribution >= 4 is 0 Å². The lowest BCUT2D eigenvalue weighted by Crippen LogP contribution is -2.25. The summed E-state index contributed by atoms with van der Waals surface area (Å²) < 4.78 is 26.0. The molecule has 0 atom stereocenters. The van der Waals surface area contributed by atoms with Crippen molar-refractivity contribution in [3.05, 3.63) is 29.3 Å². The summed E-state index contributed by atoms with van der Waals surface area (Å²) in [6, 6.07) is 2.79. The molecule has 1 fully saturated rings. The Balaban J connectivity index is 1.98. The molecule has 0 unspecified atom stereocenters.